The molecular formula is C15H21FN6. The Labute approximate surface area is 129 Å². The third kappa shape index (κ3) is 2.65. The zero-order valence-electron chi connectivity index (χ0n) is 12.5. The van der Waals surface area contributed by atoms with Gasteiger partial charge in [-0.15, -0.1) is 0 Å². The van der Waals surface area contributed by atoms with Crippen LogP contribution in [-0.4, -0.2) is 37.0 Å². The molecule has 0 bridgehead atoms. The lowest BCUT2D eigenvalue weighted by atomic mass is 9.99. The fraction of sp³-hybridized carbons (Fsp3) is 0.400. The zero-order valence-corrected chi connectivity index (χ0v) is 12.5. The Morgan fingerprint density at radius 3 is 2.91 bits per heavy atom. The molecule has 0 amide bonds. The zero-order chi connectivity index (χ0) is 15.7. The van der Waals surface area contributed by atoms with E-state index < -0.39 is 11.5 Å². The Morgan fingerprint density at radius 2 is 2.23 bits per heavy atom. The summed E-state index contributed by atoms with van der Waals surface area (Å²) in [6.45, 7) is 1.72. The van der Waals surface area contributed by atoms with Crippen LogP contribution >= 0.6 is 0 Å². The highest BCUT2D eigenvalue weighted by molar-refractivity contribution is 5.81. The van der Waals surface area contributed by atoms with Crippen molar-refractivity contribution in [2.75, 3.05) is 20.1 Å². The summed E-state index contributed by atoms with van der Waals surface area (Å²) in [6.07, 6.45) is 2.77. The Kier molecular flexibility index (Phi) is 3.76. The lowest BCUT2D eigenvalue weighted by Crippen LogP contribution is -2.49. The topological polar surface area (TPSA) is 91.7 Å². The summed E-state index contributed by atoms with van der Waals surface area (Å²) in [6, 6.07) is 6.79. The van der Waals surface area contributed by atoms with Crippen LogP contribution < -0.4 is 22.1 Å². The molecule has 2 atom stereocenters. The molecule has 2 aliphatic rings. The van der Waals surface area contributed by atoms with E-state index >= 15 is 0 Å². The monoisotopic (exact) mass is 304 g/mol. The molecule has 2 heterocycles. The molecular weight excluding hydrogens is 283 g/mol. The number of nitrogens with zero attached hydrogens (tertiary/aromatic N) is 2. The summed E-state index contributed by atoms with van der Waals surface area (Å²) in [4.78, 5) is 6.35. The van der Waals surface area contributed by atoms with Crippen LogP contribution in [0.1, 0.15) is 12.0 Å². The first kappa shape index (κ1) is 14.8. The van der Waals surface area contributed by atoms with E-state index in [-0.39, 0.29) is 5.96 Å². The van der Waals surface area contributed by atoms with Crippen LogP contribution in [-0.2, 0) is 5.66 Å². The van der Waals surface area contributed by atoms with Gasteiger partial charge in [-0.1, -0.05) is 18.2 Å². The molecule has 0 radical (unpaired) electrons. The number of halogens is 1. The molecule has 6 nitrogen and oxygen atoms in total. The normalized spacial score (nSPS) is 28.1. The number of aliphatic imine (C=N–C) groups is 1. The van der Waals surface area contributed by atoms with Crippen LogP contribution in [0.15, 0.2) is 41.2 Å². The van der Waals surface area contributed by atoms with E-state index in [9.17, 15) is 4.39 Å². The summed E-state index contributed by atoms with van der Waals surface area (Å²) >= 11 is 0. The first-order valence-electron chi connectivity index (χ1n) is 7.33. The molecule has 3 rings (SSSR count). The molecule has 0 spiro atoms. The van der Waals surface area contributed by atoms with Gasteiger partial charge in [0.05, 0.1) is 0 Å². The van der Waals surface area contributed by atoms with Gasteiger partial charge in [0.1, 0.15) is 11.6 Å². The van der Waals surface area contributed by atoms with E-state index in [1.165, 1.54) is 6.07 Å². The molecule has 1 unspecified atom stereocenters. The molecule has 2 aliphatic heterocycles. The minimum absolute atomic E-state index is 0.191. The molecule has 1 saturated heterocycles. The molecule has 7 heteroatoms. The van der Waals surface area contributed by atoms with Gasteiger partial charge in [0.15, 0.2) is 11.6 Å². The van der Waals surface area contributed by atoms with Gasteiger partial charge < -0.3 is 21.3 Å². The second-order valence-corrected chi connectivity index (χ2v) is 5.68. The predicted molar refractivity (Wildman–Crippen MR) is 84.1 cm³/mol. The Morgan fingerprint density at radius 1 is 1.45 bits per heavy atom. The second-order valence-electron chi connectivity index (χ2n) is 5.68. The highest BCUT2D eigenvalue weighted by Crippen LogP contribution is 2.28. The minimum Gasteiger partial charge on any atom is -0.370 e. The Bertz CT molecular complexity index is 628. The first-order valence-corrected chi connectivity index (χ1v) is 7.33. The molecule has 0 saturated carbocycles. The van der Waals surface area contributed by atoms with E-state index in [1.807, 2.05) is 7.05 Å². The van der Waals surface area contributed by atoms with Gasteiger partial charge in [-0.05, 0) is 19.5 Å². The van der Waals surface area contributed by atoms with E-state index in [0.29, 0.717) is 11.6 Å². The number of hydrogen-bond acceptors (Lipinski definition) is 6. The largest absolute Gasteiger partial charge is 0.370 e. The average molecular weight is 304 g/mol. The SMILES string of the molecule is CN[C@@H]1CCN(C2=CC(N)(c3ccccc3F)N=C(N)N2)C1. The molecule has 6 N–H and O–H groups in total. The number of guanidine groups is 1. The third-order valence-electron chi connectivity index (χ3n) is 4.16. The fourth-order valence-corrected chi connectivity index (χ4v) is 2.94. The number of nitrogens with two attached hydrogens (primary N) is 2. The van der Waals surface area contributed by atoms with Gasteiger partial charge in [-0.25, -0.2) is 9.38 Å². The van der Waals surface area contributed by atoms with E-state index in [2.05, 4.69) is 20.5 Å². The van der Waals surface area contributed by atoms with Crippen LogP contribution in [0, 0.1) is 5.82 Å². The summed E-state index contributed by atoms with van der Waals surface area (Å²) in [5.74, 6) is 0.570. The molecule has 0 aliphatic carbocycles. The maximum Gasteiger partial charge on any atom is 0.196 e. The van der Waals surface area contributed by atoms with Crippen molar-refractivity contribution in [3.05, 3.63) is 47.5 Å². The van der Waals surface area contributed by atoms with Gasteiger partial charge in [0.25, 0.3) is 0 Å². The minimum atomic E-state index is -1.30. The standard InChI is InChI=1S/C15H21FN6/c1-19-10-6-7-22(9-10)13-8-15(18,21-14(17)20-13)11-4-2-3-5-12(11)16/h2-5,8,10,19H,6-7,9,18H2,1H3,(H3,17,20,21)/t10-,15?/m1/s1. The van der Waals surface area contributed by atoms with Gasteiger partial charge in [0.2, 0.25) is 0 Å². The predicted octanol–water partition coefficient (Wildman–Crippen LogP) is -0.00980. The number of likely N-dealkylation sites (N-methyl/N-ethyl adjacent to an activating group) is 1. The van der Waals surface area contributed by atoms with Crippen LogP contribution in [0.4, 0.5) is 4.39 Å². The van der Waals surface area contributed by atoms with Gasteiger partial charge in [-0.2, -0.15) is 0 Å². The van der Waals surface area contributed by atoms with Gasteiger partial charge in [-0.3, -0.25) is 5.73 Å². The second kappa shape index (κ2) is 5.58. The molecule has 1 fully saturated rings. The summed E-state index contributed by atoms with van der Waals surface area (Å²) in [5.41, 5.74) is 11.2. The quantitative estimate of drug-likeness (QED) is 0.630. The van der Waals surface area contributed by atoms with E-state index in [4.69, 9.17) is 11.5 Å². The first-order chi connectivity index (χ1) is 10.5. The average Bonchev–Trinajstić information content (AvgIpc) is 2.95. The summed E-state index contributed by atoms with van der Waals surface area (Å²) in [5, 5.41) is 6.29. The highest BCUT2D eigenvalue weighted by atomic mass is 19.1. The lowest BCUT2D eigenvalue weighted by Gasteiger charge is -2.33. The van der Waals surface area contributed by atoms with Crippen molar-refractivity contribution in [2.24, 2.45) is 16.5 Å². The summed E-state index contributed by atoms with van der Waals surface area (Å²) < 4.78 is 14.1. The van der Waals surface area contributed by atoms with Crippen LogP contribution in [0.3, 0.4) is 0 Å². The number of nitrogens with one attached hydrogen (secondary N) is 2. The molecule has 1 aromatic rings. The van der Waals surface area contributed by atoms with Crippen molar-refractivity contribution in [3.63, 3.8) is 0 Å². The van der Waals surface area contributed by atoms with Crippen molar-refractivity contribution >= 4 is 5.96 Å². The van der Waals surface area contributed by atoms with Crippen molar-refractivity contribution in [1.82, 2.24) is 15.5 Å². The number of hydrogen-bond donors (Lipinski definition) is 4. The number of likely N-dealkylation sites (tertiary alicyclic amines) is 1. The van der Waals surface area contributed by atoms with Crippen LogP contribution in [0.5, 0.6) is 0 Å². The van der Waals surface area contributed by atoms with Crippen molar-refractivity contribution in [1.29, 1.82) is 0 Å². The van der Waals surface area contributed by atoms with Crippen molar-refractivity contribution in [3.8, 4) is 0 Å². The third-order valence-corrected chi connectivity index (χ3v) is 4.16. The van der Waals surface area contributed by atoms with Gasteiger partial charge in [0, 0.05) is 30.8 Å². The van der Waals surface area contributed by atoms with Crippen LogP contribution in [0.25, 0.3) is 0 Å². The smallest absolute Gasteiger partial charge is 0.196 e. The fourth-order valence-electron chi connectivity index (χ4n) is 2.94. The van der Waals surface area contributed by atoms with Crippen molar-refractivity contribution < 1.29 is 4.39 Å². The van der Waals surface area contributed by atoms with E-state index in [1.54, 1.807) is 24.3 Å². The molecule has 118 valence electrons. The Hall–Kier alpha value is -2.12. The van der Waals surface area contributed by atoms with Crippen LogP contribution in [0.2, 0.25) is 0 Å². The number of rotatable bonds is 3. The van der Waals surface area contributed by atoms with Crippen molar-refractivity contribution in [2.45, 2.75) is 18.1 Å². The number of benzene rings is 1. The maximum absolute atomic E-state index is 14.1. The maximum atomic E-state index is 14.1. The van der Waals surface area contributed by atoms with Gasteiger partial charge >= 0.3 is 0 Å². The van der Waals surface area contributed by atoms with E-state index in [0.717, 1.165) is 25.3 Å². The summed E-state index contributed by atoms with van der Waals surface area (Å²) in [7, 11) is 1.94. The molecule has 22 heavy (non-hydrogen) atoms. The molecule has 0 aromatic heterocycles. The lowest BCUT2D eigenvalue weighted by molar-refractivity contribution is 0.377. The Balaban J connectivity index is 1.94. The highest BCUT2D eigenvalue weighted by Gasteiger charge is 2.34. The molecule has 1 aromatic carbocycles.